The van der Waals surface area contributed by atoms with Crippen molar-refractivity contribution in [2.24, 2.45) is 0 Å². The van der Waals surface area contributed by atoms with E-state index in [-0.39, 0.29) is 10.7 Å². The molecule has 3 heterocycles. The lowest BCUT2D eigenvalue weighted by Crippen LogP contribution is -2.54. The van der Waals surface area contributed by atoms with Crippen LogP contribution in [0.15, 0.2) is 46.4 Å². The Kier molecular flexibility index (Phi) is 6.09. The second-order valence-corrected chi connectivity index (χ2v) is 7.97. The number of hydrogen-bond donors (Lipinski definition) is 0. The molecule has 0 saturated carbocycles. The van der Waals surface area contributed by atoms with Crippen LogP contribution in [0.25, 0.3) is 6.08 Å². The van der Waals surface area contributed by atoms with E-state index < -0.39 is 17.8 Å². The quantitative estimate of drug-likeness (QED) is 0.304. The van der Waals surface area contributed by atoms with E-state index in [0.29, 0.717) is 17.0 Å². The van der Waals surface area contributed by atoms with Crippen LogP contribution in [0.1, 0.15) is 35.4 Å². The lowest BCUT2D eigenvalue weighted by Gasteiger charge is -2.34. The maximum Gasteiger partial charge on any atom is 0.337 e. The fourth-order valence-electron chi connectivity index (χ4n) is 3.78. The van der Waals surface area contributed by atoms with Gasteiger partial charge in [-0.2, -0.15) is 0 Å². The third kappa shape index (κ3) is 4.03. The number of carbonyl (C=O) groups excluding carboxylic acids is 3. The molecule has 1 aromatic carbocycles. The van der Waals surface area contributed by atoms with E-state index in [4.69, 9.17) is 21.4 Å². The third-order valence-electron chi connectivity index (χ3n) is 5.56. The number of rotatable bonds is 4. The van der Waals surface area contributed by atoms with Gasteiger partial charge in [0.15, 0.2) is 11.0 Å². The number of benzene rings is 1. The molecular weight excluding hydrogens is 430 g/mol. The van der Waals surface area contributed by atoms with Gasteiger partial charge in [0.1, 0.15) is 11.3 Å². The monoisotopic (exact) mass is 453 g/mol. The summed E-state index contributed by atoms with van der Waals surface area (Å²) in [4.78, 5) is 42.4. The lowest BCUT2D eigenvalue weighted by atomic mass is 10.1. The van der Waals surface area contributed by atoms with Gasteiger partial charge in [0.05, 0.1) is 18.4 Å². The minimum atomic E-state index is -0.556. The first kappa shape index (κ1) is 21.8. The number of methoxy groups -OCH3 is 1. The average molecular weight is 454 g/mol. The van der Waals surface area contributed by atoms with Gasteiger partial charge in [-0.1, -0.05) is 0 Å². The van der Waals surface area contributed by atoms with Crippen molar-refractivity contribution >= 4 is 52.8 Å². The Hall–Kier alpha value is -3.46. The number of piperidine rings is 1. The van der Waals surface area contributed by atoms with E-state index in [2.05, 4.69) is 4.90 Å². The second kappa shape index (κ2) is 8.96. The van der Waals surface area contributed by atoms with E-state index in [9.17, 15) is 14.4 Å². The molecule has 8 nitrogen and oxygen atoms in total. The first-order chi connectivity index (χ1) is 15.4. The summed E-state index contributed by atoms with van der Waals surface area (Å²) >= 11 is 5.36. The Balaban J connectivity index is 1.63. The Labute approximate surface area is 191 Å². The maximum atomic E-state index is 13.3. The number of likely N-dealkylation sites (N-methyl/N-ethyl adjacent to an activating group) is 1. The molecule has 9 heteroatoms. The van der Waals surface area contributed by atoms with Crippen LogP contribution >= 0.6 is 12.2 Å². The zero-order valence-electron chi connectivity index (χ0n) is 17.9. The minimum absolute atomic E-state index is 0.0522. The van der Waals surface area contributed by atoms with Crippen LogP contribution in [0.4, 0.5) is 11.6 Å². The summed E-state index contributed by atoms with van der Waals surface area (Å²) in [7, 11) is 2.81. The van der Waals surface area contributed by atoms with Crippen LogP contribution in [0.3, 0.4) is 0 Å². The van der Waals surface area contributed by atoms with E-state index in [1.165, 1.54) is 48.6 Å². The molecule has 0 unspecified atom stereocenters. The highest BCUT2D eigenvalue weighted by molar-refractivity contribution is 7.80. The van der Waals surface area contributed by atoms with Crippen molar-refractivity contribution < 1.29 is 23.5 Å². The van der Waals surface area contributed by atoms with Crippen LogP contribution < -0.4 is 9.80 Å². The number of furan rings is 1. The molecule has 2 amide bonds. The molecule has 0 N–H and O–H groups in total. The van der Waals surface area contributed by atoms with Crippen molar-refractivity contribution in [3.63, 3.8) is 0 Å². The Morgan fingerprint density at radius 1 is 1.03 bits per heavy atom. The molecule has 0 radical (unpaired) electrons. The summed E-state index contributed by atoms with van der Waals surface area (Å²) in [5.41, 5.74) is 0.719. The molecule has 166 valence electrons. The normalized spacial score (nSPS) is 18.5. The predicted octanol–water partition coefficient (Wildman–Crippen LogP) is 3.23. The molecule has 0 spiro atoms. The number of thiocarbonyl (C=S) groups is 1. The molecule has 1 aromatic heterocycles. The SMILES string of the molecule is COC(=O)c1ccc(N2C(=O)/C(=C\c3ccc(N4CCCCC4)o3)C(=O)N(C)C2=S)cc1. The molecule has 4 rings (SSSR count). The Bertz CT molecular complexity index is 1100. The summed E-state index contributed by atoms with van der Waals surface area (Å²) < 4.78 is 10.6. The minimum Gasteiger partial charge on any atom is -0.465 e. The average Bonchev–Trinajstić information content (AvgIpc) is 3.30. The van der Waals surface area contributed by atoms with Crippen molar-refractivity contribution in [3.05, 3.63) is 53.3 Å². The number of ether oxygens (including phenoxy) is 1. The molecule has 2 fully saturated rings. The first-order valence-corrected chi connectivity index (χ1v) is 10.7. The molecule has 2 aromatic rings. The van der Waals surface area contributed by atoms with E-state index in [1.54, 1.807) is 18.2 Å². The fourth-order valence-corrected chi connectivity index (χ4v) is 4.05. The first-order valence-electron chi connectivity index (χ1n) is 10.3. The lowest BCUT2D eigenvalue weighted by molar-refractivity contribution is -0.127. The van der Waals surface area contributed by atoms with Gasteiger partial charge in [-0.05, 0) is 67.9 Å². The van der Waals surface area contributed by atoms with Gasteiger partial charge in [-0.15, -0.1) is 0 Å². The molecule has 32 heavy (non-hydrogen) atoms. The van der Waals surface area contributed by atoms with Gasteiger partial charge >= 0.3 is 5.97 Å². The van der Waals surface area contributed by atoms with Gasteiger partial charge < -0.3 is 14.1 Å². The standard InChI is InChI=1S/C23H23N3O5S/c1-24-20(27)18(14-17-10-11-19(31-17)25-12-4-3-5-13-25)21(28)26(23(24)32)16-8-6-15(7-9-16)22(29)30-2/h6-11,14H,3-5,12-13H2,1-2H3/b18-14-. The number of nitrogens with zero attached hydrogens (tertiary/aromatic N) is 3. The van der Waals surface area contributed by atoms with Gasteiger partial charge in [0, 0.05) is 26.2 Å². The summed E-state index contributed by atoms with van der Waals surface area (Å²) in [6, 6.07) is 9.84. The fraction of sp³-hybridized carbons (Fsp3) is 0.304. The van der Waals surface area contributed by atoms with E-state index in [1.807, 2.05) is 6.07 Å². The second-order valence-electron chi connectivity index (χ2n) is 7.61. The highest BCUT2D eigenvalue weighted by atomic mass is 32.1. The van der Waals surface area contributed by atoms with Crippen LogP contribution in [0.5, 0.6) is 0 Å². The Morgan fingerprint density at radius 2 is 1.72 bits per heavy atom. The molecule has 2 aliphatic heterocycles. The molecular formula is C23H23N3O5S. The van der Waals surface area contributed by atoms with Crippen LogP contribution in [-0.4, -0.2) is 55.0 Å². The van der Waals surface area contributed by atoms with Gasteiger partial charge in [0.25, 0.3) is 11.8 Å². The van der Waals surface area contributed by atoms with Crippen LogP contribution in [0, 0.1) is 0 Å². The summed E-state index contributed by atoms with van der Waals surface area (Å²) in [5.74, 6) is -0.395. The van der Waals surface area contributed by atoms with E-state index in [0.717, 1.165) is 31.8 Å². The molecule has 0 aliphatic carbocycles. The summed E-state index contributed by atoms with van der Waals surface area (Å²) in [5, 5.41) is 0.0522. The third-order valence-corrected chi connectivity index (χ3v) is 6.02. The largest absolute Gasteiger partial charge is 0.465 e. The maximum absolute atomic E-state index is 13.3. The van der Waals surface area contributed by atoms with Crippen molar-refractivity contribution in [2.75, 3.05) is 37.0 Å². The zero-order valence-corrected chi connectivity index (χ0v) is 18.7. The number of amides is 2. The number of carbonyl (C=O) groups is 3. The van der Waals surface area contributed by atoms with Crippen molar-refractivity contribution in [3.8, 4) is 0 Å². The molecule has 2 aliphatic rings. The van der Waals surface area contributed by atoms with Crippen molar-refractivity contribution in [1.29, 1.82) is 0 Å². The molecule has 0 bridgehead atoms. The van der Waals surface area contributed by atoms with Crippen molar-refractivity contribution in [2.45, 2.75) is 19.3 Å². The Morgan fingerprint density at radius 3 is 2.38 bits per heavy atom. The van der Waals surface area contributed by atoms with Crippen LogP contribution in [-0.2, 0) is 14.3 Å². The topological polar surface area (TPSA) is 83.3 Å². The highest BCUT2D eigenvalue weighted by Crippen LogP contribution is 2.28. The van der Waals surface area contributed by atoms with E-state index >= 15 is 0 Å². The van der Waals surface area contributed by atoms with Crippen LogP contribution in [0.2, 0.25) is 0 Å². The highest BCUT2D eigenvalue weighted by Gasteiger charge is 2.38. The van der Waals surface area contributed by atoms with Crippen molar-refractivity contribution in [1.82, 2.24) is 4.90 Å². The summed E-state index contributed by atoms with van der Waals surface area (Å²) in [6.07, 6.45) is 4.88. The van der Waals surface area contributed by atoms with Gasteiger partial charge in [-0.3, -0.25) is 19.4 Å². The smallest absolute Gasteiger partial charge is 0.337 e. The molecule has 0 atom stereocenters. The summed E-state index contributed by atoms with van der Waals surface area (Å²) in [6.45, 7) is 1.85. The predicted molar refractivity (Wildman–Crippen MR) is 123 cm³/mol. The number of anilines is 2. The number of esters is 1. The van der Waals surface area contributed by atoms with Gasteiger partial charge in [-0.25, -0.2) is 4.79 Å². The molecule has 2 saturated heterocycles. The number of hydrogen-bond acceptors (Lipinski definition) is 7. The zero-order chi connectivity index (χ0) is 22.8. The van der Waals surface area contributed by atoms with Gasteiger partial charge in [0.2, 0.25) is 0 Å².